The van der Waals surface area contributed by atoms with E-state index in [-0.39, 0.29) is 13.1 Å². The summed E-state index contributed by atoms with van der Waals surface area (Å²) in [4.78, 5) is 12.8. The number of likely N-dealkylation sites (tertiary alicyclic amines) is 1. The number of hydrogen-bond donors (Lipinski definition) is 0. The van der Waals surface area contributed by atoms with Crippen LogP contribution in [0.2, 0.25) is 0 Å². The van der Waals surface area contributed by atoms with Crippen molar-refractivity contribution in [3.63, 3.8) is 0 Å². The molecule has 92 valence electrons. The van der Waals surface area contributed by atoms with Crippen LogP contribution in [-0.4, -0.2) is 42.0 Å². The molecule has 1 aliphatic heterocycles. The zero-order valence-electron chi connectivity index (χ0n) is 9.80. The number of ether oxygens (including phenoxy) is 1. The Kier molecular flexibility index (Phi) is 3.68. The molecule has 1 aliphatic rings. The lowest BCUT2D eigenvalue weighted by molar-refractivity contribution is -0.148. The van der Waals surface area contributed by atoms with Crippen molar-refractivity contribution in [1.82, 2.24) is 4.90 Å². The minimum Gasteiger partial charge on any atom is -0.457 e. The smallest absolute Gasteiger partial charge is 0.330 e. The first-order valence-corrected chi connectivity index (χ1v) is 5.18. The third kappa shape index (κ3) is 4.70. The van der Waals surface area contributed by atoms with Crippen molar-refractivity contribution >= 4 is 5.97 Å². The molecule has 1 rings (SSSR count). The van der Waals surface area contributed by atoms with Gasteiger partial charge in [0.25, 0.3) is 5.92 Å². The molecule has 1 saturated heterocycles. The summed E-state index contributed by atoms with van der Waals surface area (Å²) in [6, 6.07) is 0. The Hall–Kier alpha value is -0.970. The van der Waals surface area contributed by atoms with E-state index in [1.165, 1.54) is 6.08 Å². The van der Waals surface area contributed by atoms with E-state index in [0.29, 0.717) is 6.54 Å². The molecule has 3 nitrogen and oxygen atoms in total. The Morgan fingerprint density at radius 1 is 1.44 bits per heavy atom. The summed E-state index contributed by atoms with van der Waals surface area (Å²) in [5.41, 5.74) is -0.523. The van der Waals surface area contributed by atoms with Crippen LogP contribution in [0.25, 0.3) is 0 Å². The normalized spacial score (nSPS) is 20.8. The molecule has 0 aromatic rings. The molecule has 0 radical (unpaired) electrons. The molecule has 0 atom stereocenters. The minimum atomic E-state index is -2.56. The van der Waals surface area contributed by atoms with Gasteiger partial charge in [-0.3, -0.25) is 4.90 Å². The SMILES string of the molecule is CC(C)(C)OC(=O)/C=C/CN1CC(F)(F)C1. The topological polar surface area (TPSA) is 29.5 Å². The van der Waals surface area contributed by atoms with Crippen molar-refractivity contribution < 1.29 is 18.3 Å². The summed E-state index contributed by atoms with van der Waals surface area (Å²) in [6.07, 6.45) is 2.82. The molecule has 0 N–H and O–H groups in total. The summed E-state index contributed by atoms with van der Waals surface area (Å²) in [7, 11) is 0. The quantitative estimate of drug-likeness (QED) is 0.550. The van der Waals surface area contributed by atoms with E-state index in [4.69, 9.17) is 4.74 Å². The first-order chi connectivity index (χ1) is 7.18. The van der Waals surface area contributed by atoms with Crippen LogP contribution < -0.4 is 0 Å². The number of rotatable bonds is 3. The second-order valence-corrected chi connectivity index (χ2v) is 4.96. The van der Waals surface area contributed by atoms with Gasteiger partial charge in [0.1, 0.15) is 5.60 Å². The maximum Gasteiger partial charge on any atom is 0.330 e. The van der Waals surface area contributed by atoms with E-state index in [9.17, 15) is 13.6 Å². The maximum absolute atomic E-state index is 12.4. The van der Waals surface area contributed by atoms with E-state index in [2.05, 4.69) is 0 Å². The number of alkyl halides is 2. The molecule has 0 amide bonds. The molecule has 1 heterocycles. The third-order valence-corrected chi connectivity index (χ3v) is 1.93. The summed E-state index contributed by atoms with van der Waals surface area (Å²) in [5, 5.41) is 0. The second kappa shape index (κ2) is 4.49. The lowest BCUT2D eigenvalue weighted by Crippen LogP contribution is -2.55. The number of carbonyl (C=O) groups is 1. The van der Waals surface area contributed by atoms with E-state index in [1.54, 1.807) is 31.7 Å². The van der Waals surface area contributed by atoms with Crippen LogP contribution >= 0.6 is 0 Å². The standard InChI is InChI=1S/C11H17F2NO2/c1-10(2,3)16-9(15)5-4-6-14-7-11(12,13)8-14/h4-5H,6-8H2,1-3H3/b5-4+. The Labute approximate surface area is 94.1 Å². The molecule has 1 fully saturated rings. The minimum absolute atomic E-state index is 0.230. The molecule has 0 spiro atoms. The van der Waals surface area contributed by atoms with Crippen molar-refractivity contribution in [3.8, 4) is 0 Å². The van der Waals surface area contributed by atoms with Crippen LogP contribution in [-0.2, 0) is 9.53 Å². The fourth-order valence-electron chi connectivity index (χ4n) is 1.37. The van der Waals surface area contributed by atoms with Gasteiger partial charge < -0.3 is 4.74 Å². The predicted octanol–water partition coefficient (Wildman–Crippen LogP) is 1.84. The molecule has 0 aromatic heterocycles. The molecule has 0 bridgehead atoms. The zero-order valence-corrected chi connectivity index (χ0v) is 9.80. The highest BCUT2D eigenvalue weighted by Crippen LogP contribution is 2.25. The Morgan fingerprint density at radius 2 is 2.00 bits per heavy atom. The number of halogens is 2. The first kappa shape index (κ1) is 13.1. The highest BCUT2D eigenvalue weighted by Gasteiger charge is 2.42. The lowest BCUT2D eigenvalue weighted by atomic mass is 10.1. The highest BCUT2D eigenvalue weighted by molar-refractivity contribution is 5.82. The molecular weight excluding hydrogens is 216 g/mol. The van der Waals surface area contributed by atoms with Gasteiger partial charge in [-0.25, -0.2) is 13.6 Å². The number of hydrogen-bond acceptors (Lipinski definition) is 3. The Balaban J connectivity index is 2.21. The zero-order chi connectivity index (χ0) is 12.4. The third-order valence-electron chi connectivity index (χ3n) is 1.93. The second-order valence-electron chi connectivity index (χ2n) is 4.96. The molecule has 0 saturated carbocycles. The Bertz CT molecular complexity index is 287. The molecule has 5 heteroatoms. The lowest BCUT2D eigenvalue weighted by Gasteiger charge is -2.37. The first-order valence-electron chi connectivity index (χ1n) is 5.18. The molecule has 16 heavy (non-hydrogen) atoms. The van der Waals surface area contributed by atoms with E-state index in [1.807, 2.05) is 0 Å². The summed E-state index contributed by atoms with van der Waals surface area (Å²) >= 11 is 0. The van der Waals surface area contributed by atoms with Crippen molar-refractivity contribution in [2.24, 2.45) is 0 Å². The molecule has 0 aliphatic carbocycles. The van der Waals surface area contributed by atoms with E-state index in [0.717, 1.165) is 0 Å². The monoisotopic (exact) mass is 233 g/mol. The average molecular weight is 233 g/mol. The van der Waals surface area contributed by atoms with Crippen LogP contribution in [0.3, 0.4) is 0 Å². The summed E-state index contributed by atoms with van der Waals surface area (Å²) in [5.74, 6) is -3.00. The number of carbonyl (C=O) groups excluding carboxylic acids is 1. The van der Waals surface area contributed by atoms with Crippen molar-refractivity contribution in [2.45, 2.75) is 32.3 Å². The van der Waals surface area contributed by atoms with Crippen LogP contribution in [0.5, 0.6) is 0 Å². The summed E-state index contributed by atoms with van der Waals surface area (Å²) < 4.78 is 29.9. The van der Waals surface area contributed by atoms with Gasteiger partial charge in [-0.2, -0.15) is 0 Å². The molecule has 0 unspecified atom stereocenters. The fraction of sp³-hybridized carbons (Fsp3) is 0.727. The van der Waals surface area contributed by atoms with Crippen molar-refractivity contribution in [3.05, 3.63) is 12.2 Å². The summed E-state index contributed by atoms with van der Waals surface area (Å²) in [6.45, 7) is 5.21. The van der Waals surface area contributed by atoms with Gasteiger partial charge in [0.15, 0.2) is 0 Å². The van der Waals surface area contributed by atoms with E-state index < -0.39 is 17.5 Å². The number of esters is 1. The van der Waals surface area contributed by atoms with E-state index >= 15 is 0 Å². The van der Waals surface area contributed by atoms with Gasteiger partial charge in [0, 0.05) is 12.6 Å². The van der Waals surface area contributed by atoms with Crippen molar-refractivity contribution in [1.29, 1.82) is 0 Å². The average Bonchev–Trinajstić information content (AvgIpc) is 1.96. The molecular formula is C11H17F2NO2. The maximum atomic E-state index is 12.4. The highest BCUT2D eigenvalue weighted by atomic mass is 19.3. The fourth-order valence-corrected chi connectivity index (χ4v) is 1.37. The van der Waals surface area contributed by atoms with Crippen LogP contribution in [0.15, 0.2) is 12.2 Å². The molecule has 0 aromatic carbocycles. The predicted molar refractivity (Wildman–Crippen MR) is 56.4 cm³/mol. The van der Waals surface area contributed by atoms with Crippen LogP contribution in [0.1, 0.15) is 20.8 Å². The number of nitrogens with zero attached hydrogens (tertiary/aromatic N) is 1. The van der Waals surface area contributed by atoms with Gasteiger partial charge in [0.2, 0.25) is 0 Å². The van der Waals surface area contributed by atoms with Gasteiger partial charge in [-0.15, -0.1) is 0 Å². The van der Waals surface area contributed by atoms with Gasteiger partial charge in [-0.05, 0) is 20.8 Å². The van der Waals surface area contributed by atoms with Crippen LogP contribution in [0, 0.1) is 0 Å². The largest absolute Gasteiger partial charge is 0.457 e. The Morgan fingerprint density at radius 3 is 2.44 bits per heavy atom. The van der Waals surface area contributed by atoms with Gasteiger partial charge >= 0.3 is 5.97 Å². The van der Waals surface area contributed by atoms with Gasteiger partial charge in [-0.1, -0.05) is 6.08 Å². The van der Waals surface area contributed by atoms with Crippen molar-refractivity contribution in [2.75, 3.05) is 19.6 Å². The van der Waals surface area contributed by atoms with Crippen LogP contribution in [0.4, 0.5) is 8.78 Å². The van der Waals surface area contributed by atoms with Gasteiger partial charge in [0.05, 0.1) is 13.1 Å².